The van der Waals surface area contributed by atoms with Gasteiger partial charge >= 0.3 is 18.3 Å². The zero-order valence-corrected chi connectivity index (χ0v) is 28.1. The van der Waals surface area contributed by atoms with Crippen LogP contribution in [0.2, 0.25) is 0 Å². The third kappa shape index (κ3) is 10.1. The van der Waals surface area contributed by atoms with Gasteiger partial charge in [0.15, 0.2) is 5.75 Å². The lowest BCUT2D eigenvalue weighted by atomic mass is 9.72. The summed E-state index contributed by atoms with van der Waals surface area (Å²) in [5.41, 5.74) is 0.768. The number of ether oxygens (including phenoxy) is 2. The van der Waals surface area contributed by atoms with E-state index in [1.165, 1.54) is 12.4 Å². The van der Waals surface area contributed by atoms with E-state index in [1.807, 2.05) is 12.1 Å². The van der Waals surface area contributed by atoms with Crippen molar-refractivity contribution in [2.24, 2.45) is 5.41 Å². The fraction of sp³-hybridized carbons (Fsp3) is 0.472. The van der Waals surface area contributed by atoms with Gasteiger partial charge in [0.25, 0.3) is 0 Å². The van der Waals surface area contributed by atoms with Crippen LogP contribution in [0.1, 0.15) is 93.5 Å². The average Bonchev–Trinajstić information content (AvgIpc) is 3.01. The summed E-state index contributed by atoms with van der Waals surface area (Å²) < 4.78 is 94.1. The molecule has 7 nitrogen and oxygen atoms in total. The van der Waals surface area contributed by atoms with Gasteiger partial charge in [-0.3, -0.25) is 4.79 Å². The van der Waals surface area contributed by atoms with Crippen LogP contribution < -0.4 is 14.4 Å². The van der Waals surface area contributed by atoms with E-state index >= 15 is 0 Å². The second-order valence-electron chi connectivity index (χ2n) is 13.4. The van der Waals surface area contributed by atoms with Crippen LogP contribution in [0.5, 0.6) is 11.5 Å². The molecule has 0 spiro atoms. The molecular weight excluding hydrogens is 652 g/mol. The Hall–Kier alpha value is -4.29. The molecule has 266 valence electrons. The van der Waals surface area contributed by atoms with Crippen molar-refractivity contribution < 1.29 is 45.7 Å². The molecule has 1 N–H and O–H groups in total. The number of allylic oxidation sites excluding steroid dienone is 1. The molecule has 0 amide bonds. The van der Waals surface area contributed by atoms with Gasteiger partial charge in [0.1, 0.15) is 5.75 Å². The maximum atomic E-state index is 13.8. The summed E-state index contributed by atoms with van der Waals surface area (Å²) in [5, 5.41) is 8.86. The molecule has 2 aromatic carbocycles. The number of carbonyl (C=O) groups is 1. The number of alkyl halides is 6. The Morgan fingerprint density at radius 1 is 0.980 bits per heavy atom. The SMILES string of the molecule is COc1ccc(C(C)C)cc1C1=C(CN(Cc2cc(C(F)(F)F)cc(C(F)(F)F)c2)c2ncc(OCCCC(=O)O)cn2)CC(C)(C)CC1. The Morgan fingerprint density at radius 3 is 2.16 bits per heavy atom. The van der Waals surface area contributed by atoms with Crippen LogP contribution in [-0.4, -0.2) is 41.3 Å². The van der Waals surface area contributed by atoms with Crippen LogP contribution in [0.4, 0.5) is 32.3 Å². The van der Waals surface area contributed by atoms with Crippen LogP contribution in [0.15, 0.2) is 54.4 Å². The molecule has 1 aromatic heterocycles. The first-order valence-corrected chi connectivity index (χ1v) is 16.0. The van der Waals surface area contributed by atoms with Crippen LogP contribution in [0.25, 0.3) is 5.57 Å². The number of anilines is 1. The lowest BCUT2D eigenvalue weighted by molar-refractivity contribution is -0.143. The van der Waals surface area contributed by atoms with Crippen molar-refractivity contribution in [2.75, 3.05) is 25.2 Å². The fourth-order valence-electron chi connectivity index (χ4n) is 5.93. The Labute approximate surface area is 282 Å². The highest BCUT2D eigenvalue weighted by Crippen LogP contribution is 2.46. The highest BCUT2D eigenvalue weighted by atomic mass is 19.4. The smallest absolute Gasteiger partial charge is 0.416 e. The van der Waals surface area contributed by atoms with E-state index in [4.69, 9.17) is 14.6 Å². The summed E-state index contributed by atoms with van der Waals surface area (Å²) in [6.07, 6.45) is -5.02. The summed E-state index contributed by atoms with van der Waals surface area (Å²) in [7, 11) is 1.58. The number of carboxylic acids is 1. The van der Waals surface area contributed by atoms with Gasteiger partial charge in [-0.15, -0.1) is 0 Å². The molecule has 3 aromatic rings. The van der Waals surface area contributed by atoms with E-state index in [0.29, 0.717) is 18.6 Å². The van der Waals surface area contributed by atoms with Crippen molar-refractivity contribution in [3.63, 3.8) is 0 Å². The van der Waals surface area contributed by atoms with Gasteiger partial charge < -0.3 is 19.5 Å². The molecule has 0 saturated heterocycles. The number of hydrogen-bond acceptors (Lipinski definition) is 6. The second-order valence-corrected chi connectivity index (χ2v) is 13.4. The minimum atomic E-state index is -5.00. The maximum Gasteiger partial charge on any atom is 0.416 e. The van der Waals surface area contributed by atoms with Gasteiger partial charge in [0.05, 0.1) is 37.2 Å². The molecule has 49 heavy (non-hydrogen) atoms. The van der Waals surface area contributed by atoms with E-state index in [9.17, 15) is 31.1 Å². The third-order valence-corrected chi connectivity index (χ3v) is 8.49. The number of rotatable bonds is 13. The Bertz CT molecular complexity index is 1620. The summed E-state index contributed by atoms with van der Waals surface area (Å²) in [6.45, 7) is 8.24. The van der Waals surface area contributed by atoms with Crippen molar-refractivity contribution in [1.82, 2.24) is 9.97 Å². The zero-order chi connectivity index (χ0) is 36.1. The number of hydrogen-bond donors (Lipinski definition) is 1. The minimum absolute atomic E-state index is 0.0713. The number of nitrogens with zero attached hydrogens (tertiary/aromatic N) is 3. The molecule has 13 heteroatoms. The molecule has 1 heterocycles. The highest BCUT2D eigenvalue weighted by molar-refractivity contribution is 5.75. The quantitative estimate of drug-likeness (QED) is 0.141. The largest absolute Gasteiger partial charge is 0.496 e. The van der Waals surface area contributed by atoms with E-state index in [1.54, 1.807) is 12.0 Å². The molecule has 0 saturated carbocycles. The van der Waals surface area contributed by atoms with Crippen LogP contribution >= 0.6 is 0 Å². The normalized spacial score (nSPS) is 15.0. The molecule has 1 aliphatic carbocycles. The predicted molar refractivity (Wildman–Crippen MR) is 174 cm³/mol. The Morgan fingerprint density at radius 2 is 1.61 bits per heavy atom. The van der Waals surface area contributed by atoms with Gasteiger partial charge in [0.2, 0.25) is 5.95 Å². The van der Waals surface area contributed by atoms with E-state index in [2.05, 4.69) is 43.7 Å². The van der Waals surface area contributed by atoms with Crippen molar-refractivity contribution in [1.29, 1.82) is 0 Å². The monoisotopic (exact) mass is 693 g/mol. The van der Waals surface area contributed by atoms with Crippen molar-refractivity contribution in [3.8, 4) is 11.5 Å². The summed E-state index contributed by atoms with van der Waals surface area (Å²) in [4.78, 5) is 21.1. The van der Waals surface area contributed by atoms with Crippen LogP contribution in [0, 0.1) is 5.41 Å². The lowest BCUT2D eigenvalue weighted by Gasteiger charge is -2.36. The Balaban J connectivity index is 1.82. The number of benzene rings is 2. The molecule has 0 aliphatic heterocycles. The van der Waals surface area contributed by atoms with Crippen LogP contribution in [-0.2, 0) is 23.7 Å². The summed E-state index contributed by atoms with van der Waals surface area (Å²) in [6, 6.07) is 7.54. The second kappa shape index (κ2) is 15.1. The number of aliphatic carboxylic acids is 1. The van der Waals surface area contributed by atoms with Gasteiger partial charge in [0, 0.05) is 25.1 Å². The molecule has 1 aliphatic rings. The third-order valence-electron chi connectivity index (χ3n) is 8.49. The van der Waals surface area contributed by atoms with Gasteiger partial charge in [-0.2, -0.15) is 26.3 Å². The molecule has 4 rings (SSSR count). The first-order valence-electron chi connectivity index (χ1n) is 16.0. The molecule has 0 fully saturated rings. The highest BCUT2D eigenvalue weighted by Gasteiger charge is 2.37. The summed E-state index contributed by atoms with van der Waals surface area (Å²) in [5.74, 6) is 0.231. The number of methoxy groups -OCH3 is 1. The number of halogens is 6. The van der Waals surface area contributed by atoms with Crippen molar-refractivity contribution in [3.05, 3.63) is 82.2 Å². The van der Waals surface area contributed by atoms with Crippen molar-refractivity contribution in [2.45, 2.75) is 84.6 Å². The van der Waals surface area contributed by atoms with E-state index < -0.39 is 29.4 Å². The maximum absolute atomic E-state index is 13.8. The lowest BCUT2D eigenvalue weighted by Crippen LogP contribution is -2.31. The number of carboxylic acid groups (broad SMARTS) is 1. The molecule has 0 atom stereocenters. The van der Waals surface area contributed by atoms with Gasteiger partial charge in [-0.1, -0.05) is 33.8 Å². The molecule has 0 bridgehead atoms. The van der Waals surface area contributed by atoms with E-state index in [0.717, 1.165) is 40.8 Å². The first kappa shape index (κ1) is 37.5. The zero-order valence-electron chi connectivity index (χ0n) is 28.1. The topological polar surface area (TPSA) is 84.8 Å². The fourth-order valence-corrected chi connectivity index (χ4v) is 5.93. The average molecular weight is 694 g/mol. The minimum Gasteiger partial charge on any atom is -0.496 e. The molecule has 0 radical (unpaired) electrons. The van der Waals surface area contributed by atoms with Gasteiger partial charge in [-0.25, -0.2) is 9.97 Å². The molecular formula is C36H41F6N3O4. The van der Waals surface area contributed by atoms with Crippen molar-refractivity contribution >= 4 is 17.5 Å². The molecule has 0 unspecified atom stereocenters. The first-order chi connectivity index (χ1) is 22.9. The predicted octanol–water partition coefficient (Wildman–Crippen LogP) is 9.56. The van der Waals surface area contributed by atoms with Crippen LogP contribution in [0.3, 0.4) is 0 Å². The summed E-state index contributed by atoms with van der Waals surface area (Å²) >= 11 is 0. The Kier molecular flexibility index (Phi) is 11.6. The van der Waals surface area contributed by atoms with Gasteiger partial charge in [-0.05, 0) is 89.6 Å². The number of aromatic nitrogens is 2. The standard InChI is InChI=1S/C36H41F6N3O4/c1-22(2)24-8-9-31(48-5)30(15-24)29-10-11-34(3,4)17-25(29)21-45(33-43-18-28(19-44-33)49-12-6-7-32(46)47)20-23-13-26(35(37,38)39)16-27(14-23)36(40,41)42/h8-9,13-16,18-19,22H,6-7,10-12,17,20-21H2,1-5H3,(H,46,47). The van der Waals surface area contributed by atoms with E-state index in [-0.39, 0.29) is 67.2 Å².